The van der Waals surface area contributed by atoms with Crippen LogP contribution in [0.25, 0.3) is 28.0 Å². The summed E-state index contributed by atoms with van der Waals surface area (Å²) in [4.78, 5) is 23.0. The van der Waals surface area contributed by atoms with Crippen LogP contribution in [0.2, 0.25) is 0 Å². The zero-order chi connectivity index (χ0) is 31.7. The monoisotopic (exact) mass is 637 g/mol. The molecule has 1 saturated heterocycles. The Labute approximate surface area is 268 Å². The largest absolute Gasteiger partial charge is 0.371 e. The first-order chi connectivity index (χ1) is 22.4. The number of nitrogens with one attached hydrogen (secondary N) is 2. The fourth-order valence-electron chi connectivity index (χ4n) is 6.72. The van der Waals surface area contributed by atoms with Crippen molar-refractivity contribution in [3.63, 3.8) is 0 Å². The number of fused-ring (bicyclic) bond motifs is 2. The predicted octanol–water partition coefficient (Wildman–Crippen LogP) is 4.04. The van der Waals surface area contributed by atoms with E-state index in [1.807, 2.05) is 42.5 Å². The van der Waals surface area contributed by atoms with Crippen molar-refractivity contribution < 1.29 is 8.42 Å². The fraction of sp³-hybridized carbons (Fsp3) is 0.314. The summed E-state index contributed by atoms with van der Waals surface area (Å²) in [6.45, 7) is 4.33. The molecule has 10 nitrogen and oxygen atoms in total. The maximum absolute atomic E-state index is 14.1. The summed E-state index contributed by atoms with van der Waals surface area (Å²) in [6.07, 6.45) is 5.15. The summed E-state index contributed by atoms with van der Waals surface area (Å²) >= 11 is 0. The van der Waals surface area contributed by atoms with E-state index in [-0.39, 0.29) is 10.9 Å². The summed E-state index contributed by atoms with van der Waals surface area (Å²) in [5.74, 6) is 0. The minimum absolute atomic E-state index is 0.0314. The Hall–Kier alpha value is -4.29. The lowest BCUT2D eigenvalue weighted by Crippen LogP contribution is -2.47. The molecule has 0 amide bonds. The number of aromatic amines is 1. The predicted molar refractivity (Wildman–Crippen MR) is 182 cm³/mol. The molecule has 0 saturated carbocycles. The van der Waals surface area contributed by atoms with E-state index in [0.717, 1.165) is 74.1 Å². The molecule has 0 unspecified atom stereocenters. The maximum atomic E-state index is 14.1. The second-order valence-electron chi connectivity index (χ2n) is 12.1. The van der Waals surface area contributed by atoms with Gasteiger partial charge in [-0.1, -0.05) is 42.5 Å². The van der Waals surface area contributed by atoms with Gasteiger partial charge in [0, 0.05) is 55.2 Å². The van der Waals surface area contributed by atoms with Gasteiger partial charge in [0.25, 0.3) is 0 Å². The van der Waals surface area contributed by atoms with Gasteiger partial charge in [0.2, 0.25) is 10.0 Å². The van der Waals surface area contributed by atoms with Crippen LogP contribution < -0.4 is 21.6 Å². The third-order valence-corrected chi connectivity index (χ3v) is 11.2. The van der Waals surface area contributed by atoms with Crippen molar-refractivity contribution in [2.24, 2.45) is 5.73 Å². The molecule has 4 heterocycles. The molecule has 0 bridgehead atoms. The quantitative estimate of drug-likeness (QED) is 0.211. The highest BCUT2D eigenvalue weighted by molar-refractivity contribution is 7.89. The summed E-state index contributed by atoms with van der Waals surface area (Å²) in [5, 5.41) is 4.14. The number of anilines is 1. The zero-order valence-electron chi connectivity index (χ0n) is 25.7. The van der Waals surface area contributed by atoms with Crippen molar-refractivity contribution >= 4 is 26.7 Å². The Kier molecular flexibility index (Phi) is 8.48. The van der Waals surface area contributed by atoms with Gasteiger partial charge >= 0.3 is 5.69 Å². The molecule has 5 aromatic rings. The average molecular weight is 638 g/mol. The lowest BCUT2D eigenvalue weighted by Gasteiger charge is -2.34. The highest BCUT2D eigenvalue weighted by Gasteiger charge is 2.32. The molecule has 2 aromatic heterocycles. The van der Waals surface area contributed by atoms with E-state index in [2.05, 4.69) is 44.5 Å². The van der Waals surface area contributed by atoms with Gasteiger partial charge in [-0.15, -0.1) is 0 Å². The summed E-state index contributed by atoms with van der Waals surface area (Å²) in [6, 6.07) is 24.9. The number of rotatable bonds is 10. The van der Waals surface area contributed by atoms with Crippen LogP contribution in [-0.2, 0) is 23.0 Å². The second-order valence-corrected chi connectivity index (χ2v) is 14.0. The second kappa shape index (κ2) is 12.8. The number of nitrogens with zero attached hydrogens (tertiary/aromatic N) is 4. The van der Waals surface area contributed by atoms with E-state index in [1.165, 1.54) is 15.8 Å². The molecule has 0 atom stereocenters. The van der Waals surface area contributed by atoms with E-state index in [9.17, 15) is 13.2 Å². The highest BCUT2D eigenvalue weighted by Crippen LogP contribution is 2.30. The highest BCUT2D eigenvalue weighted by atomic mass is 32.2. The fourth-order valence-corrected chi connectivity index (χ4v) is 8.44. The standard InChI is InChI=1S/C35H39N7O3S/c36-23-25-6-10-29(11-7-25)41-24-28-22-32(38-34(28)39-35(41)43)26-8-12-31(13-9-26)46(44,45)42(30-14-17-37-18-15-30)20-3-19-40-21-16-27-4-1-2-5-33(27)40/h1-2,4-13,22,24,30,37H,3,14-21,23,36H2,(H,38,39,43). The Morgan fingerprint density at radius 3 is 2.50 bits per heavy atom. The van der Waals surface area contributed by atoms with Gasteiger partial charge in [-0.2, -0.15) is 9.29 Å². The SMILES string of the molecule is NCc1ccc(-n2cc3cc(-c4ccc(S(=O)(=O)N(CCCN5CCc6ccccc65)C5CCNCC5)cc4)[nH]c3nc2=O)cc1. The van der Waals surface area contributed by atoms with Crippen molar-refractivity contribution in [3.8, 4) is 16.9 Å². The summed E-state index contributed by atoms with van der Waals surface area (Å²) in [5.41, 5.74) is 11.7. The zero-order valence-corrected chi connectivity index (χ0v) is 26.5. The molecule has 0 spiro atoms. The normalized spacial score (nSPS) is 15.6. The van der Waals surface area contributed by atoms with E-state index in [1.54, 1.807) is 22.6 Å². The third kappa shape index (κ3) is 5.99. The van der Waals surface area contributed by atoms with Gasteiger partial charge in [-0.3, -0.25) is 4.57 Å². The first-order valence-electron chi connectivity index (χ1n) is 16.0. The third-order valence-electron chi connectivity index (χ3n) is 9.24. The molecule has 2 aliphatic heterocycles. The van der Waals surface area contributed by atoms with Gasteiger partial charge in [0.05, 0.1) is 10.6 Å². The topological polar surface area (TPSA) is 129 Å². The minimum Gasteiger partial charge on any atom is -0.371 e. The Morgan fingerprint density at radius 1 is 0.978 bits per heavy atom. The number of H-pyrrole nitrogens is 1. The van der Waals surface area contributed by atoms with Crippen molar-refractivity contribution in [2.45, 2.75) is 43.2 Å². The van der Waals surface area contributed by atoms with Crippen LogP contribution in [0.15, 0.2) is 94.7 Å². The number of piperidine rings is 1. The number of aromatic nitrogens is 3. The first kappa shape index (κ1) is 30.4. The van der Waals surface area contributed by atoms with Crippen molar-refractivity contribution in [3.05, 3.63) is 107 Å². The van der Waals surface area contributed by atoms with Gasteiger partial charge in [0.1, 0.15) is 5.65 Å². The average Bonchev–Trinajstić information content (AvgIpc) is 3.70. The van der Waals surface area contributed by atoms with E-state index < -0.39 is 15.7 Å². The number of hydrogen-bond acceptors (Lipinski definition) is 7. The van der Waals surface area contributed by atoms with Crippen LogP contribution in [0.3, 0.4) is 0 Å². The van der Waals surface area contributed by atoms with Crippen molar-refractivity contribution in [1.82, 2.24) is 24.2 Å². The molecule has 4 N–H and O–H groups in total. The molecule has 7 rings (SSSR count). The molecule has 2 aliphatic rings. The van der Waals surface area contributed by atoms with Crippen molar-refractivity contribution in [1.29, 1.82) is 0 Å². The molecule has 1 fully saturated rings. The first-order valence-corrected chi connectivity index (χ1v) is 17.4. The van der Waals surface area contributed by atoms with E-state index in [0.29, 0.717) is 24.4 Å². The lowest BCUT2D eigenvalue weighted by molar-refractivity contribution is 0.260. The number of sulfonamides is 1. The molecule has 11 heteroatoms. The maximum Gasteiger partial charge on any atom is 0.354 e. The van der Waals surface area contributed by atoms with Crippen LogP contribution in [0, 0.1) is 0 Å². The van der Waals surface area contributed by atoms with Gasteiger partial charge in [-0.25, -0.2) is 13.2 Å². The van der Waals surface area contributed by atoms with E-state index in [4.69, 9.17) is 5.73 Å². The molecule has 46 heavy (non-hydrogen) atoms. The molecule has 238 valence electrons. The molecule has 0 aliphatic carbocycles. The van der Waals surface area contributed by atoms with Crippen LogP contribution >= 0.6 is 0 Å². The van der Waals surface area contributed by atoms with Crippen LogP contribution in [0.1, 0.15) is 30.4 Å². The van der Waals surface area contributed by atoms with Crippen LogP contribution in [-0.4, -0.2) is 66.0 Å². The van der Waals surface area contributed by atoms with E-state index >= 15 is 0 Å². The Bertz CT molecular complexity index is 2000. The van der Waals surface area contributed by atoms with Crippen LogP contribution in [0.5, 0.6) is 0 Å². The Morgan fingerprint density at radius 2 is 1.74 bits per heavy atom. The number of para-hydroxylation sites is 1. The molecular weight excluding hydrogens is 598 g/mol. The molecular formula is C35H39N7O3S. The van der Waals surface area contributed by atoms with Gasteiger partial charge < -0.3 is 20.9 Å². The van der Waals surface area contributed by atoms with Crippen LogP contribution in [0.4, 0.5) is 5.69 Å². The summed E-state index contributed by atoms with van der Waals surface area (Å²) in [7, 11) is -3.72. The van der Waals surface area contributed by atoms with Gasteiger partial charge in [-0.05, 0) is 91.9 Å². The summed E-state index contributed by atoms with van der Waals surface area (Å²) < 4.78 is 31.5. The number of hydrogen-bond donors (Lipinski definition) is 3. The smallest absolute Gasteiger partial charge is 0.354 e. The number of benzene rings is 3. The number of nitrogens with two attached hydrogens (primary N) is 1. The minimum atomic E-state index is -3.72. The van der Waals surface area contributed by atoms with Gasteiger partial charge in [0.15, 0.2) is 0 Å². The molecule has 0 radical (unpaired) electrons. The molecule has 3 aromatic carbocycles. The lowest BCUT2D eigenvalue weighted by atomic mass is 10.1. The Balaban J connectivity index is 1.10. The van der Waals surface area contributed by atoms with Crippen molar-refractivity contribution in [2.75, 3.05) is 37.6 Å².